The summed E-state index contributed by atoms with van der Waals surface area (Å²) in [6, 6.07) is 0. The highest BCUT2D eigenvalue weighted by molar-refractivity contribution is 5.29. The van der Waals surface area contributed by atoms with Crippen molar-refractivity contribution in [1.29, 1.82) is 0 Å². The van der Waals surface area contributed by atoms with Gasteiger partial charge in [-0.25, -0.2) is 0 Å². The third-order valence-corrected chi connectivity index (χ3v) is 3.49. The van der Waals surface area contributed by atoms with Crippen molar-refractivity contribution < 1.29 is 15.3 Å². The van der Waals surface area contributed by atoms with Gasteiger partial charge in [0.15, 0.2) is 6.29 Å². The van der Waals surface area contributed by atoms with Crippen molar-refractivity contribution in [2.75, 3.05) is 6.54 Å². The maximum atomic E-state index is 10.1. The molecule has 1 aliphatic carbocycles. The summed E-state index contributed by atoms with van der Waals surface area (Å²) in [5.41, 5.74) is 2.75. The molecule has 2 atom stereocenters. The molecule has 4 heteroatoms. The van der Waals surface area contributed by atoms with Gasteiger partial charge in [0.25, 0.3) is 0 Å². The SMILES string of the molecule is CC1=CC=C(C2CNC=C(C(O)O)C2O)CC1. The Labute approximate surface area is 101 Å². The van der Waals surface area contributed by atoms with Crippen LogP contribution in [0.1, 0.15) is 19.8 Å². The summed E-state index contributed by atoms with van der Waals surface area (Å²) in [5, 5.41) is 31.5. The second kappa shape index (κ2) is 5.04. The number of nitrogens with one attached hydrogen (secondary N) is 1. The van der Waals surface area contributed by atoms with Crippen LogP contribution in [0.15, 0.2) is 35.1 Å². The molecule has 0 bridgehead atoms. The predicted molar refractivity (Wildman–Crippen MR) is 64.9 cm³/mol. The molecule has 0 fully saturated rings. The van der Waals surface area contributed by atoms with Crippen molar-refractivity contribution in [3.63, 3.8) is 0 Å². The van der Waals surface area contributed by atoms with Crippen molar-refractivity contribution in [2.24, 2.45) is 5.92 Å². The first-order valence-electron chi connectivity index (χ1n) is 5.93. The highest BCUT2D eigenvalue weighted by Crippen LogP contribution is 2.30. The standard InChI is InChI=1S/C13H19NO3/c1-8-2-4-9(5-3-8)10-6-14-7-11(12(10)15)13(16)17/h2,4,7,10,12-17H,3,5-6H2,1H3. The van der Waals surface area contributed by atoms with Crippen molar-refractivity contribution in [3.05, 3.63) is 35.1 Å². The van der Waals surface area contributed by atoms with E-state index in [9.17, 15) is 5.11 Å². The minimum absolute atomic E-state index is 0.0684. The summed E-state index contributed by atoms with van der Waals surface area (Å²) in [5.74, 6) is -0.0684. The van der Waals surface area contributed by atoms with E-state index < -0.39 is 12.4 Å². The maximum Gasteiger partial charge on any atom is 0.178 e. The molecule has 1 aliphatic heterocycles. The number of hydrogen-bond donors (Lipinski definition) is 4. The molecule has 94 valence electrons. The van der Waals surface area contributed by atoms with Gasteiger partial charge in [0.2, 0.25) is 0 Å². The Morgan fingerprint density at radius 3 is 2.65 bits per heavy atom. The van der Waals surface area contributed by atoms with Crippen molar-refractivity contribution >= 4 is 0 Å². The van der Waals surface area contributed by atoms with Gasteiger partial charge in [0.1, 0.15) is 0 Å². The topological polar surface area (TPSA) is 72.7 Å². The predicted octanol–water partition coefficient (Wildman–Crippen LogP) is 0.428. The molecule has 0 aromatic carbocycles. The lowest BCUT2D eigenvalue weighted by Crippen LogP contribution is -2.41. The molecule has 0 spiro atoms. The van der Waals surface area contributed by atoms with E-state index in [2.05, 4.69) is 18.3 Å². The first kappa shape index (κ1) is 12.4. The summed E-state index contributed by atoms with van der Waals surface area (Å²) < 4.78 is 0. The van der Waals surface area contributed by atoms with Crippen LogP contribution in [-0.2, 0) is 0 Å². The monoisotopic (exact) mass is 237 g/mol. The molecule has 4 nitrogen and oxygen atoms in total. The van der Waals surface area contributed by atoms with Crippen LogP contribution in [0, 0.1) is 5.92 Å². The van der Waals surface area contributed by atoms with E-state index in [4.69, 9.17) is 10.2 Å². The van der Waals surface area contributed by atoms with Crippen molar-refractivity contribution in [3.8, 4) is 0 Å². The first-order valence-corrected chi connectivity index (χ1v) is 5.93. The molecule has 2 unspecified atom stereocenters. The van der Waals surface area contributed by atoms with Crippen molar-refractivity contribution in [2.45, 2.75) is 32.2 Å². The van der Waals surface area contributed by atoms with Crippen LogP contribution in [0.2, 0.25) is 0 Å². The van der Waals surface area contributed by atoms with Gasteiger partial charge in [-0.1, -0.05) is 23.3 Å². The average molecular weight is 237 g/mol. The van der Waals surface area contributed by atoms with Gasteiger partial charge in [-0.05, 0) is 19.8 Å². The fourth-order valence-corrected chi connectivity index (χ4v) is 2.36. The van der Waals surface area contributed by atoms with Crippen LogP contribution < -0.4 is 5.32 Å². The molecule has 0 saturated carbocycles. The number of hydrogen-bond acceptors (Lipinski definition) is 4. The largest absolute Gasteiger partial charge is 0.390 e. The van der Waals surface area contributed by atoms with Gasteiger partial charge < -0.3 is 20.6 Å². The van der Waals surface area contributed by atoms with Gasteiger partial charge in [-0.15, -0.1) is 0 Å². The molecule has 0 aromatic rings. The van der Waals surface area contributed by atoms with Crippen molar-refractivity contribution in [1.82, 2.24) is 5.32 Å². The van der Waals surface area contributed by atoms with Gasteiger partial charge in [-0.2, -0.15) is 0 Å². The van der Waals surface area contributed by atoms with Crippen LogP contribution in [-0.4, -0.2) is 34.3 Å². The Morgan fingerprint density at radius 1 is 1.29 bits per heavy atom. The van der Waals surface area contributed by atoms with Gasteiger partial charge in [-0.3, -0.25) is 0 Å². The van der Waals surface area contributed by atoms with Gasteiger partial charge in [0.05, 0.1) is 6.10 Å². The lowest BCUT2D eigenvalue weighted by Gasteiger charge is -2.33. The van der Waals surface area contributed by atoms with Crippen LogP contribution >= 0.6 is 0 Å². The van der Waals surface area contributed by atoms with E-state index in [0.29, 0.717) is 6.54 Å². The highest BCUT2D eigenvalue weighted by atomic mass is 16.5. The van der Waals surface area contributed by atoms with Crippen LogP contribution in [0.4, 0.5) is 0 Å². The number of aliphatic hydroxyl groups is 3. The molecule has 1 heterocycles. The summed E-state index contributed by atoms with van der Waals surface area (Å²) >= 11 is 0. The summed E-state index contributed by atoms with van der Waals surface area (Å²) in [4.78, 5) is 0. The Bertz CT molecular complexity index is 382. The molecule has 17 heavy (non-hydrogen) atoms. The lowest BCUT2D eigenvalue weighted by molar-refractivity contribution is -0.0317. The van der Waals surface area contributed by atoms with Gasteiger partial charge >= 0.3 is 0 Å². The quantitative estimate of drug-likeness (QED) is 0.525. The second-order valence-electron chi connectivity index (χ2n) is 4.73. The minimum atomic E-state index is -1.60. The second-order valence-corrected chi connectivity index (χ2v) is 4.73. The van der Waals surface area contributed by atoms with Gasteiger partial charge in [0, 0.05) is 24.2 Å². The molecule has 2 aliphatic rings. The van der Waals surface area contributed by atoms with E-state index in [-0.39, 0.29) is 11.5 Å². The summed E-state index contributed by atoms with van der Waals surface area (Å²) in [6.45, 7) is 2.72. The van der Waals surface area contributed by atoms with Crippen LogP contribution in [0.3, 0.4) is 0 Å². The molecule has 4 N–H and O–H groups in total. The number of rotatable bonds is 2. The number of allylic oxidation sites excluding steroid dienone is 3. The zero-order valence-corrected chi connectivity index (χ0v) is 9.93. The Morgan fingerprint density at radius 2 is 2.06 bits per heavy atom. The maximum absolute atomic E-state index is 10.1. The molecule has 0 radical (unpaired) electrons. The molecular formula is C13H19NO3. The smallest absolute Gasteiger partial charge is 0.178 e. The van der Waals surface area contributed by atoms with E-state index >= 15 is 0 Å². The Hall–Kier alpha value is -1.10. The van der Waals surface area contributed by atoms with E-state index in [1.54, 1.807) is 0 Å². The van der Waals surface area contributed by atoms with E-state index in [1.165, 1.54) is 17.3 Å². The fraction of sp³-hybridized carbons (Fsp3) is 0.538. The van der Waals surface area contributed by atoms with Crippen LogP contribution in [0.25, 0.3) is 0 Å². The molecular weight excluding hydrogens is 218 g/mol. The summed E-state index contributed by atoms with van der Waals surface area (Å²) in [6.07, 6.45) is 5.14. The van der Waals surface area contributed by atoms with Crippen LogP contribution in [0.5, 0.6) is 0 Å². The Kier molecular flexibility index (Phi) is 3.66. The van der Waals surface area contributed by atoms with E-state index in [1.807, 2.05) is 6.08 Å². The molecule has 0 aromatic heterocycles. The number of aliphatic hydroxyl groups excluding tert-OH is 2. The zero-order chi connectivity index (χ0) is 12.4. The molecule has 0 amide bonds. The fourth-order valence-electron chi connectivity index (χ4n) is 2.36. The average Bonchev–Trinajstić information content (AvgIpc) is 2.30. The normalized spacial score (nSPS) is 29.4. The zero-order valence-electron chi connectivity index (χ0n) is 9.93. The third kappa shape index (κ3) is 2.60. The molecule has 0 saturated heterocycles. The molecule has 2 rings (SSSR count). The third-order valence-electron chi connectivity index (χ3n) is 3.49. The summed E-state index contributed by atoms with van der Waals surface area (Å²) in [7, 11) is 0. The van der Waals surface area contributed by atoms with E-state index in [0.717, 1.165) is 12.8 Å². The lowest BCUT2D eigenvalue weighted by atomic mass is 9.82. The highest BCUT2D eigenvalue weighted by Gasteiger charge is 2.31. The first-order chi connectivity index (χ1) is 8.09. The minimum Gasteiger partial charge on any atom is -0.390 e. The Balaban J connectivity index is 2.16.